The number of amides is 1. The van der Waals surface area contributed by atoms with Crippen LogP contribution in [0.5, 0.6) is 0 Å². The van der Waals surface area contributed by atoms with Crippen molar-refractivity contribution in [3.05, 3.63) is 36.3 Å². The molecule has 2 aromatic rings. The summed E-state index contributed by atoms with van der Waals surface area (Å²) in [6.45, 7) is 4.15. The topological polar surface area (TPSA) is 45.7 Å². The minimum atomic E-state index is -0.308. The maximum absolute atomic E-state index is 14.0. The number of hydrogen-bond donors (Lipinski definition) is 0. The molecule has 2 fully saturated rings. The van der Waals surface area contributed by atoms with Crippen molar-refractivity contribution in [2.75, 3.05) is 44.3 Å². The molecule has 6 heteroatoms. The highest BCUT2D eigenvalue weighted by Gasteiger charge is 2.30. The second-order valence-corrected chi connectivity index (χ2v) is 6.69. The highest BCUT2D eigenvalue weighted by molar-refractivity contribution is 5.92. The van der Waals surface area contributed by atoms with Gasteiger partial charge in [-0.15, -0.1) is 0 Å². The first kappa shape index (κ1) is 16.3. The fourth-order valence-corrected chi connectivity index (χ4v) is 3.84. The van der Waals surface area contributed by atoms with Crippen molar-refractivity contribution in [1.29, 1.82) is 0 Å². The average Bonchev–Trinajstić information content (AvgIpc) is 2.68. The average molecular weight is 343 g/mol. The van der Waals surface area contributed by atoms with Crippen LogP contribution in [0.15, 0.2) is 30.5 Å². The number of morpholine rings is 1. The zero-order chi connectivity index (χ0) is 17.2. The Bertz CT molecular complexity index is 776. The van der Waals surface area contributed by atoms with Gasteiger partial charge in [-0.1, -0.05) is 12.1 Å². The molecule has 1 unspecified atom stereocenters. The first-order chi connectivity index (χ1) is 12.2. The summed E-state index contributed by atoms with van der Waals surface area (Å²) in [7, 11) is 0. The van der Waals surface area contributed by atoms with E-state index in [1.54, 1.807) is 12.3 Å². The molecule has 0 N–H and O–H groups in total. The van der Waals surface area contributed by atoms with Crippen molar-refractivity contribution in [2.45, 2.75) is 12.8 Å². The number of fused-ring (bicyclic) bond motifs is 1. The summed E-state index contributed by atoms with van der Waals surface area (Å²) in [4.78, 5) is 21.1. The highest BCUT2D eigenvalue weighted by atomic mass is 19.1. The molecule has 1 atom stereocenters. The lowest BCUT2D eigenvalue weighted by atomic mass is 9.95. The lowest BCUT2D eigenvalue weighted by Gasteiger charge is -2.37. The molecule has 25 heavy (non-hydrogen) atoms. The fourth-order valence-electron chi connectivity index (χ4n) is 3.84. The number of carbonyl (C=O) groups excluding carboxylic acids is 1. The standard InChI is InChI=1S/C19H22FN3O2/c20-16-5-1-4-15-17(6-7-21-18(15)16)23-8-2-3-14(13-23)19(24)22-9-11-25-12-10-22/h1,4-7,14H,2-3,8-13H2. The molecule has 4 rings (SSSR count). The smallest absolute Gasteiger partial charge is 0.227 e. The molecular formula is C19H22FN3O2. The Morgan fingerprint density at radius 1 is 1.20 bits per heavy atom. The summed E-state index contributed by atoms with van der Waals surface area (Å²) >= 11 is 0. The second-order valence-electron chi connectivity index (χ2n) is 6.69. The lowest BCUT2D eigenvalue weighted by Crippen LogP contribution is -2.48. The predicted octanol–water partition coefficient (Wildman–Crippen LogP) is 2.45. The van der Waals surface area contributed by atoms with E-state index in [9.17, 15) is 9.18 Å². The van der Waals surface area contributed by atoms with E-state index in [2.05, 4.69) is 9.88 Å². The van der Waals surface area contributed by atoms with Gasteiger partial charge in [-0.05, 0) is 25.0 Å². The van der Waals surface area contributed by atoms with Crippen molar-refractivity contribution >= 4 is 22.5 Å². The van der Waals surface area contributed by atoms with Gasteiger partial charge in [-0.3, -0.25) is 9.78 Å². The number of aromatic nitrogens is 1. The van der Waals surface area contributed by atoms with Crippen LogP contribution in [-0.2, 0) is 9.53 Å². The van der Waals surface area contributed by atoms with Crippen LogP contribution in [0.25, 0.3) is 10.9 Å². The number of benzene rings is 1. The van der Waals surface area contributed by atoms with Gasteiger partial charge in [0, 0.05) is 43.4 Å². The van der Waals surface area contributed by atoms with E-state index in [0.29, 0.717) is 38.4 Å². The number of hydrogen-bond acceptors (Lipinski definition) is 4. The molecule has 0 radical (unpaired) electrons. The molecule has 3 heterocycles. The minimum Gasteiger partial charge on any atom is -0.378 e. The third-order valence-electron chi connectivity index (χ3n) is 5.13. The molecule has 1 aromatic heterocycles. The van der Waals surface area contributed by atoms with E-state index >= 15 is 0 Å². The number of ether oxygens (including phenoxy) is 1. The monoisotopic (exact) mass is 343 g/mol. The third-order valence-corrected chi connectivity index (χ3v) is 5.13. The number of carbonyl (C=O) groups is 1. The Morgan fingerprint density at radius 2 is 2.04 bits per heavy atom. The molecule has 0 spiro atoms. The van der Waals surface area contributed by atoms with Gasteiger partial charge in [0.15, 0.2) is 0 Å². The van der Waals surface area contributed by atoms with E-state index in [1.165, 1.54) is 6.07 Å². The van der Waals surface area contributed by atoms with Crippen molar-refractivity contribution in [2.24, 2.45) is 5.92 Å². The lowest BCUT2D eigenvalue weighted by molar-refractivity contribution is -0.139. The van der Waals surface area contributed by atoms with Gasteiger partial charge in [0.05, 0.1) is 19.1 Å². The van der Waals surface area contributed by atoms with Crippen LogP contribution in [0.3, 0.4) is 0 Å². The van der Waals surface area contributed by atoms with Gasteiger partial charge in [0.1, 0.15) is 11.3 Å². The van der Waals surface area contributed by atoms with Gasteiger partial charge in [-0.25, -0.2) is 4.39 Å². The zero-order valence-corrected chi connectivity index (χ0v) is 14.2. The van der Waals surface area contributed by atoms with Crippen LogP contribution in [0.1, 0.15) is 12.8 Å². The first-order valence-electron chi connectivity index (χ1n) is 8.89. The number of piperidine rings is 1. The van der Waals surface area contributed by atoms with Crippen molar-refractivity contribution < 1.29 is 13.9 Å². The normalized spacial score (nSPS) is 21.6. The summed E-state index contributed by atoms with van der Waals surface area (Å²) in [5, 5.41) is 0.807. The van der Waals surface area contributed by atoms with Crippen molar-refractivity contribution in [3.8, 4) is 0 Å². The third kappa shape index (κ3) is 3.18. The van der Waals surface area contributed by atoms with E-state index in [4.69, 9.17) is 4.74 Å². The number of pyridine rings is 1. The van der Waals surface area contributed by atoms with Crippen LogP contribution in [0, 0.1) is 11.7 Å². The molecule has 0 saturated carbocycles. The summed E-state index contributed by atoms with van der Waals surface area (Å²) in [6.07, 6.45) is 3.51. The molecule has 1 amide bonds. The molecule has 1 aromatic carbocycles. The van der Waals surface area contributed by atoms with Crippen LogP contribution in [-0.4, -0.2) is 55.2 Å². The number of halogens is 1. The molecule has 2 aliphatic rings. The Labute approximate surface area is 146 Å². The number of nitrogens with zero attached hydrogens (tertiary/aromatic N) is 3. The zero-order valence-electron chi connectivity index (χ0n) is 14.2. The number of rotatable bonds is 2. The summed E-state index contributed by atoms with van der Waals surface area (Å²) in [5.41, 5.74) is 1.35. The van der Waals surface area contributed by atoms with Gasteiger partial charge in [0.25, 0.3) is 0 Å². The minimum absolute atomic E-state index is 0.0105. The first-order valence-corrected chi connectivity index (χ1v) is 8.89. The molecular weight excluding hydrogens is 321 g/mol. The summed E-state index contributed by atoms with van der Waals surface area (Å²) < 4.78 is 19.4. The predicted molar refractivity (Wildman–Crippen MR) is 94.0 cm³/mol. The fraction of sp³-hybridized carbons (Fsp3) is 0.474. The Kier molecular flexibility index (Phi) is 4.53. The Balaban J connectivity index is 1.57. The van der Waals surface area contributed by atoms with Crippen LogP contribution in [0.2, 0.25) is 0 Å². The molecule has 2 aliphatic heterocycles. The second kappa shape index (κ2) is 6.96. The largest absolute Gasteiger partial charge is 0.378 e. The number of para-hydroxylation sites is 1. The maximum Gasteiger partial charge on any atom is 0.227 e. The Hall–Kier alpha value is -2.21. The van der Waals surface area contributed by atoms with Crippen LogP contribution >= 0.6 is 0 Å². The van der Waals surface area contributed by atoms with Crippen LogP contribution < -0.4 is 4.90 Å². The summed E-state index contributed by atoms with van der Waals surface area (Å²) in [5.74, 6) is -0.0986. The molecule has 5 nitrogen and oxygen atoms in total. The van der Waals surface area contributed by atoms with Gasteiger partial charge in [0.2, 0.25) is 5.91 Å². The highest BCUT2D eigenvalue weighted by Crippen LogP contribution is 2.30. The van der Waals surface area contributed by atoms with Crippen molar-refractivity contribution in [1.82, 2.24) is 9.88 Å². The van der Waals surface area contributed by atoms with E-state index in [0.717, 1.165) is 30.5 Å². The molecule has 0 aliphatic carbocycles. The van der Waals surface area contributed by atoms with E-state index in [1.807, 2.05) is 17.0 Å². The molecule has 2 saturated heterocycles. The van der Waals surface area contributed by atoms with Crippen LogP contribution in [0.4, 0.5) is 10.1 Å². The van der Waals surface area contributed by atoms with Crippen molar-refractivity contribution in [3.63, 3.8) is 0 Å². The SMILES string of the molecule is O=C(C1CCCN(c2ccnc3c(F)cccc23)C1)N1CCOCC1. The number of anilines is 1. The van der Waals surface area contributed by atoms with Gasteiger partial charge >= 0.3 is 0 Å². The van der Waals surface area contributed by atoms with E-state index < -0.39 is 0 Å². The van der Waals surface area contributed by atoms with Gasteiger partial charge in [-0.2, -0.15) is 0 Å². The Morgan fingerprint density at radius 3 is 2.88 bits per heavy atom. The summed E-state index contributed by atoms with van der Waals surface area (Å²) in [6, 6.07) is 6.96. The maximum atomic E-state index is 14.0. The van der Waals surface area contributed by atoms with Gasteiger partial charge < -0.3 is 14.5 Å². The molecule has 0 bridgehead atoms. The molecule has 132 valence electrons. The quantitative estimate of drug-likeness (QED) is 0.840. The van der Waals surface area contributed by atoms with E-state index in [-0.39, 0.29) is 17.6 Å².